The van der Waals surface area contributed by atoms with Crippen molar-refractivity contribution in [2.75, 3.05) is 25.1 Å². The molecule has 27 heavy (non-hydrogen) atoms. The number of rotatable bonds is 6. The second kappa shape index (κ2) is 8.53. The number of ether oxygens (including phenoxy) is 2. The molecule has 1 N–H and O–H groups in total. The third-order valence-electron chi connectivity index (χ3n) is 4.17. The number of amides is 2. The summed E-state index contributed by atoms with van der Waals surface area (Å²) in [7, 11) is 0. The molecule has 0 fully saturated rings. The Morgan fingerprint density at radius 3 is 2.48 bits per heavy atom. The van der Waals surface area contributed by atoms with Gasteiger partial charge in [-0.25, -0.2) is 4.39 Å². The normalized spacial score (nSPS) is 12.4. The van der Waals surface area contributed by atoms with Gasteiger partial charge < -0.3 is 19.7 Å². The Bertz CT molecular complexity index is 823. The first kappa shape index (κ1) is 18.7. The molecule has 0 saturated heterocycles. The summed E-state index contributed by atoms with van der Waals surface area (Å²) in [5.41, 5.74) is 1.41. The highest BCUT2D eigenvalue weighted by molar-refractivity contribution is 5.91. The molecule has 0 unspecified atom stereocenters. The zero-order valence-corrected chi connectivity index (χ0v) is 15.0. The molecule has 1 aliphatic heterocycles. The predicted molar refractivity (Wildman–Crippen MR) is 98.2 cm³/mol. The third-order valence-corrected chi connectivity index (χ3v) is 4.17. The molecule has 142 valence electrons. The summed E-state index contributed by atoms with van der Waals surface area (Å²) >= 11 is 0. The second-order valence-corrected chi connectivity index (χ2v) is 6.22. The quantitative estimate of drug-likeness (QED) is 0.847. The summed E-state index contributed by atoms with van der Waals surface area (Å²) in [6.45, 7) is 3.02. The fourth-order valence-corrected chi connectivity index (χ4v) is 2.74. The largest absolute Gasteiger partial charge is 0.486 e. The Balaban J connectivity index is 1.54. The summed E-state index contributed by atoms with van der Waals surface area (Å²) in [5, 5.41) is 2.80. The minimum atomic E-state index is -0.327. The van der Waals surface area contributed by atoms with E-state index in [1.807, 2.05) is 0 Å². The van der Waals surface area contributed by atoms with Crippen molar-refractivity contribution in [1.82, 2.24) is 4.90 Å². The van der Waals surface area contributed by atoms with Gasteiger partial charge in [-0.15, -0.1) is 0 Å². The van der Waals surface area contributed by atoms with Crippen LogP contribution in [-0.4, -0.2) is 36.5 Å². The molecule has 7 heteroatoms. The van der Waals surface area contributed by atoms with E-state index in [9.17, 15) is 14.0 Å². The van der Waals surface area contributed by atoms with Crippen molar-refractivity contribution in [1.29, 1.82) is 0 Å². The SMILES string of the molecule is CC(=O)N(CCC(=O)Nc1ccc2c(c1)OCCO2)Cc1ccc(F)cc1. The van der Waals surface area contributed by atoms with Gasteiger partial charge in [-0.3, -0.25) is 9.59 Å². The van der Waals surface area contributed by atoms with Crippen LogP contribution in [0.5, 0.6) is 11.5 Å². The number of carbonyl (C=O) groups is 2. The molecule has 2 aromatic rings. The lowest BCUT2D eigenvalue weighted by Gasteiger charge is -2.21. The molecule has 6 nitrogen and oxygen atoms in total. The molecule has 1 heterocycles. The monoisotopic (exact) mass is 372 g/mol. The van der Waals surface area contributed by atoms with Gasteiger partial charge in [0.2, 0.25) is 11.8 Å². The number of carbonyl (C=O) groups excluding carboxylic acids is 2. The third kappa shape index (κ3) is 5.20. The van der Waals surface area contributed by atoms with E-state index < -0.39 is 0 Å². The highest BCUT2D eigenvalue weighted by Crippen LogP contribution is 2.32. The van der Waals surface area contributed by atoms with E-state index in [2.05, 4.69) is 5.32 Å². The van der Waals surface area contributed by atoms with Gasteiger partial charge in [0, 0.05) is 38.2 Å². The lowest BCUT2D eigenvalue weighted by Crippen LogP contribution is -2.31. The van der Waals surface area contributed by atoms with Gasteiger partial charge in [0.1, 0.15) is 19.0 Å². The summed E-state index contributed by atoms with van der Waals surface area (Å²) < 4.78 is 23.9. The Labute approximate surface area is 156 Å². The second-order valence-electron chi connectivity index (χ2n) is 6.22. The summed E-state index contributed by atoms with van der Waals surface area (Å²) in [4.78, 5) is 25.6. The lowest BCUT2D eigenvalue weighted by molar-refractivity contribution is -0.129. The zero-order chi connectivity index (χ0) is 19.2. The van der Waals surface area contributed by atoms with E-state index in [0.717, 1.165) is 5.56 Å². The van der Waals surface area contributed by atoms with Crippen molar-refractivity contribution in [2.45, 2.75) is 19.9 Å². The van der Waals surface area contributed by atoms with Gasteiger partial charge in [-0.05, 0) is 29.8 Å². The number of benzene rings is 2. The number of halogens is 1. The molecule has 0 radical (unpaired) electrons. The number of anilines is 1. The van der Waals surface area contributed by atoms with Gasteiger partial charge >= 0.3 is 0 Å². The molecule has 2 amide bonds. The molecular weight excluding hydrogens is 351 g/mol. The predicted octanol–water partition coefficient (Wildman–Crippen LogP) is 2.97. The lowest BCUT2D eigenvalue weighted by atomic mass is 10.2. The average Bonchev–Trinajstić information content (AvgIpc) is 2.66. The summed E-state index contributed by atoms with van der Waals surface area (Å²) in [5.74, 6) is 0.567. The van der Waals surface area contributed by atoms with Crippen molar-refractivity contribution < 1.29 is 23.5 Å². The molecule has 0 aliphatic carbocycles. The number of hydrogen-bond donors (Lipinski definition) is 1. The number of fused-ring (bicyclic) bond motifs is 1. The van der Waals surface area contributed by atoms with E-state index in [0.29, 0.717) is 36.9 Å². The standard InChI is InChI=1S/C20H21FN2O4/c1-14(24)23(13-15-2-4-16(21)5-3-15)9-8-20(25)22-17-6-7-18-19(12-17)27-11-10-26-18/h2-7,12H,8-11,13H2,1H3,(H,22,25). The zero-order valence-electron chi connectivity index (χ0n) is 15.0. The van der Waals surface area contributed by atoms with Crippen molar-refractivity contribution in [3.63, 3.8) is 0 Å². The van der Waals surface area contributed by atoms with Crippen LogP contribution >= 0.6 is 0 Å². The highest BCUT2D eigenvalue weighted by Gasteiger charge is 2.15. The molecule has 0 saturated carbocycles. The van der Waals surface area contributed by atoms with Crippen molar-refractivity contribution in [3.8, 4) is 11.5 Å². The Kier molecular flexibility index (Phi) is 5.90. The Morgan fingerprint density at radius 2 is 1.78 bits per heavy atom. The van der Waals surface area contributed by atoms with Crippen LogP contribution in [0.4, 0.5) is 10.1 Å². The molecule has 2 aromatic carbocycles. The Hall–Kier alpha value is -3.09. The maximum Gasteiger partial charge on any atom is 0.226 e. The van der Waals surface area contributed by atoms with E-state index in [1.54, 1.807) is 35.2 Å². The maximum absolute atomic E-state index is 13.0. The molecule has 1 aliphatic rings. The van der Waals surface area contributed by atoms with Crippen molar-refractivity contribution in [2.24, 2.45) is 0 Å². The van der Waals surface area contributed by atoms with Crippen LogP contribution in [0.25, 0.3) is 0 Å². The molecular formula is C20H21FN2O4. The van der Waals surface area contributed by atoms with Gasteiger partial charge in [-0.1, -0.05) is 12.1 Å². The smallest absolute Gasteiger partial charge is 0.226 e. The van der Waals surface area contributed by atoms with Crippen LogP contribution in [0.1, 0.15) is 18.9 Å². The maximum atomic E-state index is 13.0. The number of hydrogen-bond acceptors (Lipinski definition) is 4. The fourth-order valence-electron chi connectivity index (χ4n) is 2.74. The highest BCUT2D eigenvalue weighted by atomic mass is 19.1. The van der Waals surface area contributed by atoms with E-state index in [4.69, 9.17) is 9.47 Å². The van der Waals surface area contributed by atoms with Crippen LogP contribution in [-0.2, 0) is 16.1 Å². The van der Waals surface area contributed by atoms with E-state index in [-0.39, 0.29) is 30.6 Å². The number of nitrogens with one attached hydrogen (secondary N) is 1. The molecule has 0 bridgehead atoms. The van der Waals surface area contributed by atoms with E-state index >= 15 is 0 Å². The molecule has 0 aromatic heterocycles. The topological polar surface area (TPSA) is 67.9 Å². The fraction of sp³-hybridized carbons (Fsp3) is 0.300. The van der Waals surface area contributed by atoms with Gasteiger partial charge in [-0.2, -0.15) is 0 Å². The first-order chi connectivity index (χ1) is 13.0. The average molecular weight is 372 g/mol. The Morgan fingerprint density at radius 1 is 1.07 bits per heavy atom. The first-order valence-corrected chi connectivity index (χ1v) is 8.71. The summed E-state index contributed by atoms with van der Waals surface area (Å²) in [6.07, 6.45) is 0.148. The van der Waals surface area contributed by atoms with E-state index in [1.165, 1.54) is 19.1 Å². The summed E-state index contributed by atoms with van der Waals surface area (Å²) in [6, 6.07) is 11.2. The van der Waals surface area contributed by atoms with Crippen LogP contribution in [0.3, 0.4) is 0 Å². The molecule has 0 spiro atoms. The van der Waals surface area contributed by atoms with Crippen LogP contribution < -0.4 is 14.8 Å². The minimum absolute atomic E-state index is 0.147. The minimum Gasteiger partial charge on any atom is -0.486 e. The first-order valence-electron chi connectivity index (χ1n) is 8.71. The van der Waals surface area contributed by atoms with Crippen LogP contribution in [0, 0.1) is 5.82 Å². The van der Waals surface area contributed by atoms with Crippen LogP contribution in [0.15, 0.2) is 42.5 Å². The molecule has 3 rings (SSSR count). The number of nitrogens with zero attached hydrogens (tertiary/aromatic N) is 1. The van der Waals surface area contributed by atoms with Crippen molar-refractivity contribution in [3.05, 3.63) is 53.8 Å². The van der Waals surface area contributed by atoms with Crippen molar-refractivity contribution >= 4 is 17.5 Å². The van der Waals surface area contributed by atoms with Gasteiger partial charge in [0.25, 0.3) is 0 Å². The van der Waals surface area contributed by atoms with Gasteiger partial charge in [0.15, 0.2) is 11.5 Å². The van der Waals surface area contributed by atoms with Gasteiger partial charge in [0.05, 0.1) is 0 Å². The molecule has 0 atom stereocenters. The van der Waals surface area contributed by atoms with Crippen LogP contribution in [0.2, 0.25) is 0 Å².